The predicted octanol–water partition coefficient (Wildman–Crippen LogP) is 2.10. The molecule has 0 aliphatic rings. The van der Waals surface area contributed by atoms with Crippen LogP contribution in [-0.4, -0.2) is 12.0 Å². The summed E-state index contributed by atoms with van der Waals surface area (Å²) < 4.78 is 25.9. The molecule has 0 fully saturated rings. The molecule has 0 aliphatic carbocycles. The van der Waals surface area contributed by atoms with E-state index in [1.165, 1.54) is 12.1 Å². The van der Waals surface area contributed by atoms with Crippen LogP contribution in [0, 0.1) is 11.6 Å². The van der Waals surface area contributed by atoms with Crippen LogP contribution in [0.15, 0.2) is 23.2 Å². The smallest absolute Gasteiger partial charge is 0.193 e. The molecule has 0 atom stereocenters. The highest BCUT2D eigenvalue weighted by molar-refractivity contribution is 5.92. The minimum absolute atomic E-state index is 0.00544. The minimum Gasteiger partial charge on any atom is -0.370 e. The lowest BCUT2D eigenvalue weighted by atomic mass is 10.3. The second kappa shape index (κ2) is 4.72. The topological polar surface area (TPSA) is 50.4 Å². The highest BCUT2D eigenvalue weighted by Gasteiger charge is 2.07. The molecular weight excluding hydrogens is 200 g/mol. The Hall–Kier alpha value is -1.65. The summed E-state index contributed by atoms with van der Waals surface area (Å²) in [6.45, 7) is 3.66. The maximum atomic E-state index is 13.2. The lowest BCUT2D eigenvalue weighted by molar-refractivity contribution is 0.512. The Bertz CT molecular complexity index is 375. The number of guanidine groups is 1. The first-order valence-corrected chi connectivity index (χ1v) is 4.55. The summed E-state index contributed by atoms with van der Waals surface area (Å²) in [5.74, 6) is -1.81. The summed E-state index contributed by atoms with van der Waals surface area (Å²) in [6.07, 6.45) is 0. The largest absolute Gasteiger partial charge is 0.370 e. The second-order valence-corrected chi connectivity index (χ2v) is 3.33. The van der Waals surface area contributed by atoms with Crippen LogP contribution in [-0.2, 0) is 0 Å². The van der Waals surface area contributed by atoms with Crippen molar-refractivity contribution in [1.82, 2.24) is 0 Å². The van der Waals surface area contributed by atoms with E-state index in [-0.39, 0.29) is 17.7 Å². The van der Waals surface area contributed by atoms with Crippen LogP contribution >= 0.6 is 0 Å². The van der Waals surface area contributed by atoms with E-state index in [1.807, 2.05) is 13.8 Å². The molecule has 82 valence electrons. The quantitative estimate of drug-likeness (QED) is 0.584. The molecule has 5 heteroatoms. The lowest BCUT2D eigenvalue weighted by Gasteiger charge is -2.07. The predicted molar refractivity (Wildman–Crippen MR) is 56.7 cm³/mol. The maximum absolute atomic E-state index is 13.2. The molecule has 3 nitrogen and oxygen atoms in total. The molecule has 0 spiro atoms. The SMILES string of the molecule is CC(C)N=C(N)Nc1cccc(F)c1F. The van der Waals surface area contributed by atoms with Crippen molar-refractivity contribution in [3.05, 3.63) is 29.8 Å². The molecule has 0 aliphatic heterocycles. The Balaban J connectivity index is 2.86. The normalized spacial score (nSPS) is 11.9. The third kappa shape index (κ3) is 3.19. The monoisotopic (exact) mass is 213 g/mol. The molecule has 15 heavy (non-hydrogen) atoms. The zero-order chi connectivity index (χ0) is 11.4. The molecule has 3 N–H and O–H groups in total. The lowest BCUT2D eigenvalue weighted by Crippen LogP contribution is -2.24. The molecule has 1 rings (SSSR count). The van der Waals surface area contributed by atoms with Crippen LogP contribution in [0.5, 0.6) is 0 Å². The standard InChI is InChI=1S/C10H13F2N3/c1-6(2)14-10(13)15-8-5-3-4-7(11)9(8)12/h3-6H,1-2H3,(H3,13,14,15). The van der Waals surface area contributed by atoms with Gasteiger partial charge in [-0.15, -0.1) is 0 Å². The van der Waals surface area contributed by atoms with E-state index < -0.39 is 11.6 Å². The Morgan fingerprint density at radius 2 is 2.07 bits per heavy atom. The minimum atomic E-state index is -0.959. The molecule has 0 saturated heterocycles. The number of anilines is 1. The highest BCUT2D eigenvalue weighted by Crippen LogP contribution is 2.15. The number of halogens is 2. The number of nitrogens with two attached hydrogens (primary N) is 1. The number of benzene rings is 1. The molecule has 0 radical (unpaired) electrons. The van der Waals surface area contributed by atoms with Gasteiger partial charge in [0.05, 0.1) is 5.69 Å². The van der Waals surface area contributed by atoms with Gasteiger partial charge in [-0.1, -0.05) is 6.07 Å². The van der Waals surface area contributed by atoms with E-state index in [9.17, 15) is 8.78 Å². The van der Waals surface area contributed by atoms with Gasteiger partial charge in [-0.2, -0.15) is 0 Å². The van der Waals surface area contributed by atoms with E-state index in [0.29, 0.717) is 0 Å². The van der Waals surface area contributed by atoms with Crippen LogP contribution in [0.4, 0.5) is 14.5 Å². The van der Waals surface area contributed by atoms with Crippen LogP contribution in [0.25, 0.3) is 0 Å². The summed E-state index contributed by atoms with van der Waals surface area (Å²) in [4.78, 5) is 3.94. The number of aliphatic imine (C=N–C) groups is 1. The van der Waals surface area contributed by atoms with Crippen molar-refractivity contribution in [1.29, 1.82) is 0 Å². The number of hydrogen-bond donors (Lipinski definition) is 2. The molecule has 1 aromatic rings. The van der Waals surface area contributed by atoms with Gasteiger partial charge >= 0.3 is 0 Å². The van der Waals surface area contributed by atoms with Gasteiger partial charge < -0.3 is 11.1 Å². The van der Waals surface area contributed by atoms with Crippen LogP contribution < -0.4 is 11.1 Å². The van der Waals surface area contributed by atoms with Gasteiger partial charge in [-0.05, 0) is 26.0 Å². The fraction of sp³-hybridized carbons (Fsp3) is 0.300. The van der Waals surface area contributed by atoms with Crippen molar-refractivity contribution in [3.8, 4) is 0 Å². The highest BCUT2D eigenvalue weighted by atomic mass is 19.2. The summed E-state index contributed by atoms with van der Waals surface area (Å²) in [5, 5.41) is 2.50. The van der Waals surface area contributed by atoms with Gasteiger partial charge in [0.1, 0.15) is 0 Å². The first-order chi connectivity index (χ1) is 7.00. The Labute approximate surface area is 87.0 Å². The third-order valence-electron chi connectivity index (χ3n) is 1.61. The molecule has 0 heterocycles. The van der Waals surface area contributed by atoms with Crippen molar-refractivity contribution in [2.75, 3.05) is 5.32 Å². The van der Waals surface area contributed by atoms with E-state index in [2.05, 4.69) is 10.3 Å². The number of hydrogen-bond acceptors (Lipinski definition) is 1. The van der Waals surface area contributed by atoms with Gasteiger partial charge in [-0.3, -0.25) is 4.99 Å². The Morgan fingerprint density at radius 1 is 1.40 bits per heavy atom. The third-order valence-corrected chi connectivity index (χ3v) is 1.61. The maximum Gasteiger partial charge on any atom is 0.193 e. The molecule has 0 bridgehead atoms. The van der Waals surface area contributed by atoms with Crippen molar-refractivity contribution in [2.24, 2.45) is 10.7 Å². The van der Waals surface area contributed by atoms with Crippen molar-refractivity contribution < 1.29 is 8.78 Å². The number of nitrogens with zero attached hydrogens (tertiary/aromatic N) is 1. The average Bonchev–Trinajstić information content (AvgIpc) is 2.11. The van der Waals surface area contributed by atoms with E-state index in [0.717, 1.165) is 6.07 Å². The van der Waals surface area contributed by atoms with E-state index in [1.54, 1.807) is 0 Å². The average molecular weight is 213 g/mol. The van der Waals surface area contributed by atoms with Crippen molar-refractivity contribution in [2.45, 2.75) is 19.9 Å². The van der Waals surface area contributed by atoms with Gasteiger partial charge in [0.15, 0.2) is 17.6 Å². The van der Waals surface area contributed by atoms with Crippen LogP contribution in [0.2, 0.25) is 0 Å². The van der Waals surface area contributed by atoms with Crippen LogP contribution in [0.3, 0.4) is 0 Å². The fourth-order valence-corrected chi connectivity index (χ4v) is 1.05. The number of nitrogens with one attached hydrogen (secondary N) is 1. The summed E-state index contributed by atoms with van der Waals surface area (Å²) in [6, 6.07) is 3.81. The summed E-state index contributed by atoms with van der Waals surface area (Å²) in [5.41, 5.74) is 5.46. The van der Waals surface area contributed by atoms with Gasteiger partial charge in [-0.25, -0.2) is 8.78 Å². The molecule has 0 aromatic heterocycles. The van der Waals surface area contributed by atoms with E-state index in [4.69, 9.17) is 5.73 Å². The van der Waals surface area contributed by atoms with Gasteiger partial charge in [0.25, 0.3) is 0 Å². The Kier molecular flexibility index (Phi) is 3.60. The van der Waals surface area contributed by atoms with Gasteiger partial charge in [0, 0.05) is 6.04 Å². The molecule has 1 aromatic carbocycles. The number of rotatable bonds is 2. The zero-order valence-electron chi connectivity index (χ0n) is 8.59. The van der Waals surface area contributed by atoms with Crippen LogP contribution in [0.1, 0.15) is 13.8 Å². The first-order valence-electron chi connectivity index (χ1n) is 4.55. The molecule has 0 saturated carbocycles. The van der Waals surface area contributed by atoms with Crippen molar-refractivity contribution >= 4 is 11.6 Å². The Morgan fingerprint density at radius 3 is 2.67 bits per heavy atom. The summed E-state index contributed by atoms with van der Waals surface area (Å²) in [7, 11) is 0. The van der Waals surface area contributed by atoms with E-state index >= 15 is 0 Å². The van der Waals surface area contributed by atoms with Gasteiger partial charge in [0.2, 0.25) is 0 Å². The summed E-state index contributed by atoms with van der Waals surface area (Å²) >= 11 is 0. The molecule has 0 unspecified atom stereocenters. The molecule has 0 amide bonds. The zero-order valence-corrected chi connectivity index (χ0v) is 8.59. The molecular formula is C10H13F2N3. The fourth-order valence-electron chi connectivity index (χ4n) is 1.05. The second-order valence-electron chi connectivity index (χ2n) is 3.33. The van der Waals surface area contributed by atoms with Crippen molar-refractivity contribution in [3.63, 3.8) is 0 Å². The first kappa shape index (κ1) is 11.4.